The van der Waals surface area contributed by atoms with Crippen molar-refractivity contribution in [2.75, 3.05) is 26.4 Å². The topological polar surface area (TPSA) is 94.1 Å². The number of ether oxygens (including phenoxy) is 3. The van der Waals surface area contributed by atoms with Crippen LogP contribution >= 0.6 is 0 Å². The summed E-state index contributed by atoms with van der Waals surface area (Å²) in [6.45, 7) is 7.24. The molecule has 7 heteroatoms. The predicted molar refractivity (Wildman–Crippen MR) is 105 cm³/mol. The van der Waals surface area contributed by atoms with Crippen LogP contribution in [0.25, 0.3) is 0 Å². The van der Waals surface area contributed by atoms with Gasteiger partial charge in [-0.05, 0) is 51.7 Å². The Morgan fingerprint density at radius 2 is 1.57 bits per heavy atom. The van der Waals surface area contributed by atoms with Gasteiger partial charge in [-0.1, -0.05) is 12.8 Å². The first-order valence-corrected chi connectivity index (χ1v) is 10.1. The highest BCUT2D eigenvalue weighted by Gasteiger charge is 2.31. The van der Waals surface area contributed by atoms with Gasteiger partial charge in [0.25, 0.3) is 5.91 Å². The molecule has 0 bridgehead atoms. The van der Waals surface area contributed by atoms with Crippen LogP contribution in [0, 0.1) is 11.8 Å². The molecule has 1 aromatic carbocycles. The second-order valence-corrected chi connectivity index (χ2v) is 6.80. The second-order valence-electron chi connectivity index (χ2n) is 6.80. The quantitative estimate of drug-likeness (QED) is 0.632. The van der Waals surface area contributed by atoms with Crippen LogP contribution in [0.15, 0.2) is 12.1 Å². The van der Waals surface area contributed by atoms with Gasteiger partial charge in [-0.15, -0.1) is 0 Å². The fraction of sp³-hybridized carbons (Fsp3) is 0.619. The zero-order valence-corrected chi connectivity index (χ0v) is 17.0. The lowest BCUT2D eigenvalue weighted by molar-refractivity contribution is -0.144. The maximum absolute atomic E-state index is 12.7. The minimum absolute atomic E-state index is 0.0457. The van der Waals surface area contributed by atoms with Gasteiger partial charge in [0, 0.05) is 12.1 Å². The van der Waals surface area contributed by atoms with Crippen molar-refractivity contribution in [2.24, 2.45) is 11.8 Å². The number of carboxylic acid groups (broad SMARTS) is 1. The molecule has 0 aromatic heterocycles. The maximum Gasteiger partial charge on any atom is 0.306 e. The fourth-order valence-electron chi connectivity index (χ4n) is 3.62. The van der Waals surface area contributed by atoms with Crippen LogP contribution < -0.4 is 19.5 Å². The van der Waals surface area contributed by atoms with E-state index in [-0.39, 0.29) is 11.8 Å². The lowest BCUT2D eigenvalue weighted by Gasteiger charge is -2.28. The summed E-state index contributed by atoms with van der Waals surface area (Å²) in [6, 6.07) is 3.28. The highest BCUT2D eigenvalue weighted by atomic mass is 16.5. The van der Waals surface area contributed by atoms with Crippen LogP contribution in [0.1, 0.15) is 56.8 Å². The second kappa shape index (κ2) is 10.8. The first-order chi connectivity index (χ1) is 13.5. The van der Waals surface area contributed by atoms with Crippen molar-refractivity contribution in [1.29, 1.82) is 0 Å². The van der Waals surface area contributed by atoms with E-state index in [0.717, 1.165) is 19.3 Å². The van der Waals surface area contributed by atoms with Crippen molar-refractivity contribution >= 4 is 11.9 Å². The Bertz CT molecular complexity index is 648. The molecule has 1 amide bonds. The molecule has 0 heterocycles. The van der Waals surface area contributed by atoms with Gasteiger partial charge in [-0.2, -0.15) is 0 Å². The highest BCUT2D eigenvalue weighted by Crippen LogP contribution is 2.39. The third-order valence-corrected chi connectivity index (χ3v) is 4.92. The van der Waals surface area contributed by atoms with Gasteiger partial charge in [0.15, 0.2) is 11.5 Å². The smallest absolute Gasteiger partial charge is 0.306 e. The zero-order chi connectivity index (χ0) is 20.5. The number of amides is 1. The fourth-order valence-corrected chi connectivity index (χ4v) is 3.62. The number of carboxylic acids is 1. The summed E-state index contributed by atoms with van der Waals surface area (Å²) < 4.78 is 17.0. The van der Waals surface area contributed by atoms with Crippen molar-refractivity contribution in [2.45, 2.75) is 46.5 Å². The summed E-state index contributed by atoms with van der Waals surface area (Å²) in [5.74, 6) is -0.0936. The van der Waals surface area contributed by atoms with E-state index >= 15 is 0 Å². The summed E-state index contributed by atoms with van der Waals surface area (Å²) >= 11 is 0. The van der Waals surface area contributed by atoms with Gasteiger partial charge < -0.3 is 24.6 Å². The summed E-state index contributed by atoms with van der Waals surface area (Å²) in [6.07, 6.45) is 3.41. The standard InChI is InChI=1S/C21H31NO6/c1-4-26-17-11-15(12-18(27-5-2)19(17)28-6-3)20(23)22-13-14-9-7-8-10-16(14)21(24)25/h11-12,14,16H,4-10,13H2,1-3H3,(H,22,23)(H,24,25)/t14-,16-/m0/s1. The molecule has 1 aliphatic rings. The third-order valence-electron chi connectivity index (χ3n) is 4.92. The number of nitrogens with one attached hydrogen (secondary N) is 1. The molecule has 0 spiro atoms. The number of aliphatic carboxylic acids is 1. The lowest BCUT2D eigenvalue weighted by Crippen LogP contribution is -2.37. The average Bonchev–Trinajstić information content (AvgIpc) is 2.68. The number of hydrogen-bond acceptors (Lipinski definition) is 5. The molecule has 2 rings (SSSR count). The first-order valence-electron chi connectivity index (χ1n) is 10.1. The SMILES string of the molecule is CCOc1cc(C(=O)NC[C@@H]2CCCC[C@@H]2C(=O)O)cc(OCC)c1OCC. The summed E-state index contributed by atoms with van der Waals surface area (Å²) in [4.78, 5) is 24.2. The number of rotatable bonds is 10. The van der Waals surface area contributed by atoms with Crippen LogP contribution in [0.4, 0.5) is 0 Å². The van der Waals surface area contributed by atoms with E-state index in [1.165, 1.54) is 0 Å². The van der Waals surface area contributed by atoms with Gasteiger partial charge in [0.05, 0.1) is 25.7 Å². The van der Waals surface area contributed by atoms with Crippen molar-refractivity contribution in [3.63, 3.8) is 0 Å². The molecular weight excluding hydrogens is 362 g/mol. The lowest BCUT2D eigenvalue weighted by atomic mass is 9.79. The average molecular weight is 393 g/mol. The van der Waals surface area contributed by atoms with Crippen LogP contribution in [-0.2, 0) is 4.79 Å². The van der Waals surface area contributed by atoms with Gasteiger partial charge in [-0.25, -0.2) is 0 Å². The largest absolute Gasteiger partial charge is 0.490 e. The normalized spacial score (nSPS) is 19.0. The Morgan fingerprint density at radius 1 is 1.00 bits per heavy atom. The molecule has 0 aliphatic heterocycles. The molecule has 28 heavy (non-hydrogen) atoms. The summed E-state index contributed by atoms with van der Waals surface area (Å²) in [5.41, 5.74) is 0.401. The van der Waals surface area contributed by atoms with Crippen molar-refractivity contribution < 1.29 is 28.9 Å². The van der Waals surface area contributed by atoms with Crippen molar-refractivity contribution in [3.05, 3.63) is 17.7 Å². The number of hydrogen-bond donors (Lipinski definition) is 2. The molecule has 2 atom stereocenters. The maximum atomic E-state index is 12.7. The molecule has 1 aliphatic carbocycles. The van der Waals surface area contributed by atoms with Crippen LogP contribution in [0.3, 0.4) is 0 Å². The predicted octanol–water partition coefficient (Wildman–Crippen LogP) is 3.50. The van der Waals surface area contributed by atoms with Crippen molar-refractivity contribution in [3.8, 4) is 17.2 Å². The molecular formula is C21H31NO6. The van der Waals surface area contributed by atoms with Gasteiger partial charge in [0.1, 0.15) is 0 Å². The summed E-state index contributed by atoms with van der Waals surface area (Å²) in [5, 5.41) is 12.3. The molecule has 156 valence electrons. The number of carbonyl (C=O) groups excluding carboxylic acids is 1. The van der Waals surface area contributed by atoms with Crippen LogP contribution in [-0.4, -0.2) is 43.3 Å². The van der Waals surface area contributed by atoms with Gasteiger partial charge >= 0.3 is 5.97 Å². The molecule has 0 unspecified atom stereocenters. The molecule has 1 fully saturated rings. The van der Waals surface area contributed by atoms with E-state index in [9.17, 15) is 14.7 Å². The van der Waals surface area contributed by atoms with E-state index in [1.54, 1.807) is 12.1 Å². The van der Waals surface area contributed by atoms with E-state index < -0.39 is 11.9 Å². The molecule has 1 aromatic rings. The van der Waals surface area contributed by atoms with E-state index in [1.807, 2.05) is 20.8 Å². The number of benzene rings is 1. The van der Waals surface area contributed by atoms with E-state index in [2.05, 4.69) is 5.32 Å². The zero-order valence-electron chi connectivity index (χ0n) is 17.0. The van der Waals surface area contributed by atoms with Gasteiger partial charge in [-0.3, -0.25) is 9.59 Å². The van der Waals surface area contributed by atoms with E-state index in [0.29, 0.717) is 55.6 Å². The monoisotopic (exact) mass is 393 g/mol. The van der Waals surface area contributed by atoms with Gasteiger partial charge in [0.2, 0.25) is 5.75 Å². The first kappa shape index (κ1) is 21.9. The van der Waals surface area contributed by atoms with Crippen molar-refractivity contribution in [1.82, 2.24) is 5.32 Å². The molecule has 0 radical (unpaired) electrons. The molecule has 1 saturated carbocycles. The molecule has 0 saturated heterocycles. The molecule has 2 N–H and O–H groups in total. The number of carbonyl (C=O) groups is 2. The highest BCUT2D eigenvalue weighted by molar-refractivity contribution is 5.95. The minimum Gasteiger partial charge on any atom is -0.490 e. The Labute approximate surface area is 166 Å². The Balaban J connectivity index is 2.18. The minimum atomic E-state index is -0.780. The van der Waals surface area contributed by atoms with Crippen LogP contribution in [0.2, 0.25) is 0 Å². The third kappa shape index (κ3) is 5.53. The Morgan fingerprint density at radius 3 is 2.11 bits per heavy atom. The van der Waals surface area contributed by atoms with E-state index in [4.69, 9.17) is 14.2 Å². The van der Waals surface area contributed by atoms with Crippen LogP contribution in [0.5, 0.6) is 17.2 Å². The molecule has 7 nitrogen and oxygen atoms in total. The Hall–Kier alpha value is -2.44. The summed E-state index contributed by atoms with van der Waals surface area (Å²) in [7, 11) is 0. The Kier molecular flexibility index (Phi) is 8.42.